The van der Waals surface area contributed by atoms with Crippen molar-refractivity contribution in [2.75, 3.05) is 62.8 Å². The van der Waals surface area contributed by atoms with Crippen molar-refractivity contribution in [1.82, 2.24) is 34.9 Å². The predicted octanol–water partition coefficient (Wildman–Crippen LogP) is 9.97. The van der Waals surface area contributed by atoms with Crippen LogP contribution < -0.4 is 20.7 Å². The highest BCUT2D eigenvalue weighted by atomic mass is 16.5. The molecule has 0 radical (unpaired) electrons. The first-order chi connectivity index (χ1) is 38.6. The number of benzene rings is 1. The first-order valence-electron chi connectivity index (χ1n) is 29.5. The number of fused-ring (bicyclic) bond motifs is 5. The molecule has 0 bridgehead atoms. The molecule has 1 saturated heterocycles. The van der Waals surface area contributed by atoms with Gasteiger partial charge in [-0.15, -0.1) is 5.92 Å². The molecule has 5 heterocycles. The van der Waals surface area contributed by atoms with Crippen LogP contribution in [0, 0.1) is 36.0 Å². The minimum atomic E-state index is -0.987. The normalized spacial score (nSPS) is 22.6. The van der Waals surface area contributed by atoms with E-state index < -0.39 is 5.60 Å². The first kappa shape index (κ1) is 56.4. The lowest BCUT2D eigenvalue weighted by Crippen LogP contribution is -2.51. The number of hydrogen-bond donors (Lipinski definition) is 3. The summed E-state index contributed by atoms with van der Waals surface area (Å²) in [6.45, 7) is 16.9. The number of unbranched alkanes of at least 4 members (excludes halogenated alkanes) is 1. The second-order valence-corrected chi connectivity index (χ2v) is 23.7. The van der Waals surface area contributed by atoms with E-state index in [0.29, 0.717) is 98.3 Å². The number of aliphatic hydroxyl groups is 1. The van der Waals surface area contributed by atoms with E-state index in [2.05, 4.69) is 82.2 Å². The number of rotatable bonds is 19. The molecule has 422 valence electrons. The Hall–Kier alpha value is -6.89. The maximum absolute atomic E-state index is 13.9. The van der Waals surface area contributed by atoms with Crippen molar-refractivity contribution >= 4 is 40.1 Å². The average Bonchev–Trinajstić information content (AvgIpc) is 2.67. The number of hydrogen-bond acceptors (Lipinski definition) is 11. The summed E-state index contributed by atoms with van der Waals surface area (Å²) >= 11 is 0. The van der Waals surface area contributed by atoms with Crippen LogP contribution in [0.4, 0.5) is 11.5 Å². The Bertz CT molecular complexity index is 3300. The molecule has 15 heteroatoms. The number of allylic oxidation sites excluding steroid dienone is 4. The highest BCUT2D eigenvalue weighted by Gasteiger charge is 2.62. The molecule has 2 saturated carbocycles. The van der Waals surface area contributed by atoms with E-state index in [4.69, 9.17) is 14.7 Å². The average molecular weight is 1080 g/mol. The number of aromatic nitrogens is 5. The van der Waals surface area contributed by atoms with Gasteiger partial charge in [0.05, 0.1) is 22.8 Å². The largest absolute Gasteiger partial charge is 0.381 e. The highest BCUT2D eigenvalue weighted by Crippen LogP contribution is 2.66. The van der Waals surface area contributed by atoms with Crippen LogP contribution in [-0.4, -0.2) is 111 Å². The molecule has 80 heavy (non-hydrogen) atoms. The van der Waals surface area contributed by atoms with Gasteiger partial charge in [-0.2, -0.15) is 5.10 Å². The van der Waals surface area contributed by atoms with E-state index in [0.717, 1.165) is 93.4 Å². The third-order valence-corrected chi connectivity index (χ3v) is 18.3. The Morgan fingerprint density at radius 2 is 1.77 bits per heavy atom. The van der Waals surface area contributed by atoms with Crippen molar-refractivity contribution in [2.24, 2.45) is 17.3 Å². The van der Waals surface area contributed by atoms with E-state index in [1.54, 1.807) is 18.5 Å². The highest BCUT2D eigenvalue weighted by molar-refractivity contribution is 6.06. The number of piperazine rings is 1. The summed E-state index contributed by atoms with van der Waals surface area (Å²) in [6, 6.07) is 16.8. The molecule has 2 amide bonds. The minimum absolute atomic E-state index is 0.00898. The van der Waals surface area contributed by atoms with E-state index in [1.165, 1.54) is 28.0 Å². The van der Waals surface area contributed by atoms with Crippen LogP contribution in [0.25, 0.3) is 22.3 Å². The van der Waals surface area contributed by atoms with Gasteiger partial charge in [0.1, 0.15) is 11.4 Å². The molecular formula is C65H81N9O6. The zero-order valence-corrected chi connectivity index (χ0v) is 48.1. The number of amides is 2. The zero-order valence-electron chi connectivity index (χ0n) is 48.1. The maximum atomic E-state index is 13.9. The number of pyridine rings is 3. The summed E-state index contributed by atoms with van der Waals surface area (Å²) < 4.78 is 7.82. The van der Waals surface area contributed by atoms with Crippen LogP contribution in [0.5, 0.6) is 0 Å². The Balaban J connectivity index is 0.666. The van der Waals surface area contributed by atoms with E-state index in [-0.39, 0.29) is 47.1 Å². The maximum Gasteiger partial charge on any atom is 0.253 e. The van der Waals surface area contributed by atoms with Gasteiger partial charge < -0.3 is 34.8 Å². The third-order valence-electron chi connectivity index (χ3n) is 18.3. The molecule has 1 aliphatic heterocycles. The number of anilines is 2. The molecule has 5 atom stereocenters. The van der Waals surface area contributed by atoms with Gasteiger partial charge in [0.15, 0.2) is 11.4 Å². The van der Waals surface area contributed by atoms with Crippen molar-refractivity contribution < 1.29 is 24.2 Å². The Morgan fingerprint density at radius 1 is 0.988 bits per heavy atom. The number of ether oxygens (including phenoxy) is 1. The lowest BCUT2D eigenvalue weighted by atomic mass is 9.51. The molecule has 3 N–H and O–H groups in total. The van der Waals surface area contributed by atoms with Gasteiger partial charge in [0, 0.05) is 118 Å². The van der Waals surface area contributed by atoms with Gasteiger partial charge in [0.2, 0.25) is 5.91 Å². The molecule has 0 spiro atoms. The Labute approximate surface area is 471 Å². The molecular weight excluding hydrogens is 1000 g/mol. The Morgan fingerprint density at radius 3 is 2.51 bits per heavy atom. The zero-order chi connectivity index (χ0) is 56.3. The van der Waals surface area contributed by atoms with Crippen LogP contribution >= 0.6 is 0 Å². The second kappa shape index (κ2) is 24.1. The smallest absolute Gasteiger partial charge is 0.253 e. The van der Waals surface area contributed by atoms with Crippen LogP contribution in [-0.2, 0) is 27.3 Å². The monoisotopic (exact) mass is 1080 g/mol. The molecule has 3 fully saturated rings. The summed E-state index contributed by atoms with van der Waals surface area (Å²) in [6.07, 6.45) is 16.0. The molecule has 5 aromatic rings. The van der Waals surface area contributed by atoms with Crippen molar-refractivity contribution in [1.29, 1.82) is 0 Å². The van der Waals surface area contributed by atoms with Crippen molar-refractivity contribution in [3.8, 4) is 23.1 Å². The number of aromatic amines is 1. The van der Waals surface area contributed by atoms with Crippen LogP contribution in [0.3, 0.4) is 0 Å². The van der Waals surface area contributed by atoms with Crippen LogP contribution in [0.2, 0.25) is 0 Å². The van der Waals surface area contributed by atoms with Gasteiger partial charge in [0.25, 0.3) is 11.5 Å². The number of nitrogens with zero attached hydrogens (tertiary/aromatic N) is 7. The van der Waals surface area contributed by atoms with Gasteiger partial charge in [-0.1, -0.05) is 43.9 Å². The number of carbonyl (C=O) groups is 3. The summed E-state index contributed by atoms with van der Waals surface area (Å²) in [5.41, 5.74) is 9.85. The molecule has 0 unspecified atom stereocenters. The lowest BCUT2D eigenvalue weighted by molar-refractivity contribution is -0.131. The summed E-state index contributed by atoms with van der Waals surface area (Å²) in [4.78, 5) is 71.8. The summed E-state index contributed by atoms with van der Waals surface area (Å²) in [7, 11) is 2.15. The molecule has 5 aliphatic rings. The van der Waals surface area contributed by atoms with Crippen molar-refractivity contribution in [3.05, 3.63) is 122 Å². The van der Waals surface area contributed by atoms with E-state index >= 15 is 0 Å². The number of aryl methyl sites for hydroxylation is 2. The fraction of sp³-hybridized carbons (Fsp3) is 0.523. The topological polar surface area (TPSA) is 179 Å². The van der Waals surface area contributed by atoms with Gasteiger partial charge >= 0.3 is 0 Å². The van der Waals surface area contributed by atoms with Gasteiger partial charge in [-0.25, -0.2) is 14.6 Å². The minimum Gasteiger partial charge on any atom is -0.381 e. The number of H-pyrrole nitrogens is 1. The molecule has 1 aromatic carbocycles. The fourth-order valence-corrected chi connectivity index (χ4v) is 14.0. The van der Waals surface area contributed by atoms with Crippen molar-refractivity contribution in [3.63, 3.8) is 0 Å². The first-order valence-corrected chi connectivity index (χ1v) is 29.5. The predicted molar refractivity (Wildman–Crippen MR) is 315 cm³/mol. The third kappa shape index (κ3) is 11.4. The molecule has 10 rings (SSSR count). The number of carbonyl (C=O) groups excluding carboxylic acids is 3. The molecule has 15 nitrogen and oxygen atoms in total. The van der Waals surface area contributed by atoms with Crippen LogP contribution in [0.15, 0.2) is 88.5 Å². The van der Waals surface area contributed by atoms with Gasteiger partial charge in [-0.05, 0) is 168 Å². The SMILES string of the molecule is CC#C[C@]1(O)CC[C@H]2[C@@H]3CCC4=CC(=O)CCC4=C3[C@@H](c3ccc(N(C)CCCCOCCCC(=O)N4CCN(c5ccc(-c6cc(C(=O)NCc7c(CCC)cc(C)[nH]c7=O)c7cnn(C(C)C)c7n6)cn5)CC4)cc3)C[C@@]21C. The summed E-state index contributed by atoms with van der Waals surface area (Å²) in [5.74, 6) is 8.22. The lowest BCUT2D eigenvalue weighted by Gasteiger charge is -2.53. The molecule has 4 aliphatic carbocycles. The fourth-order valence-electron chi connectivity index (χ4n) is 14.0. The quantitative estimate of drug-likeness (QED) is 0.0530. The number of nitrogens with one attached hydrogen (secondary N) is 2. The summed E-state index contributed by atoms with van der Waals surface area (Å²) in [5, 5.41) is 20.3. The van der Waals surface area contributed by atoms with Gasteiger partial charge in [-0.3, -0.25) is 19.2 Å². The van der Waals surface area contributed by atoms with Crippen LogP contribution in [0.1, 0.15) is 156 Å². The number of ketones is 1. The van der Waals surface area contributed by atoms with Crippen molar-refractivity contribution in [2.45, 2.75) is 149 Å². The second-order valence-electron chi connectivity index (χ2n) is 23.7. The standard InChI is InChI=1S/C65H81N9O6/c1-8-13-45-35-43(5)69-63(78)54(45)40-67-62(77)52-37-57(70-61-55(52)41-68-74(61)42(3)4)47-18-24-58(66-39-47)72-29-31-73(32-30-72)59(76)14-12-34-80-33-11-10-28-71(7)48-19-15-44(16-20-48)53-38-64(6)56(25-27-65(64,79)26-9-2)51-22-17-46-36-49(75)21-23-50(46)60(51)53/h15-16,18-20,24,35-37,39,41-42,51,53,56,79H,8,10-14,17,21-23,25,27-34,38,40H2,1-7H3,(H,67,77)(H,69,78)/t51-,53+,56-,64-,65-/m0/s1. The Kier molecular flexibility index (Phi) is 17.0. The van der Waals surface area contributed by atoms with E-state index in [1.807, 2.05) is 61.6 Å². The van der Waals surface area contributed by atoms with E-state index in [9.17, 15) is 24.3 Å². The molecule has 4 aromatic heterocycles.